The lowest BCUT2D eigenvalue weighted by atomic mass is 10.0. The van der Waals surface area contributed by atoms with Crippen LogP contribution < -0.4 is 25.7 Å². The Balaban J connectivity index is 1.66. The fraction of sp³-hybridized carbons (Fsp3) is 0.261. The zero-order valence-corrected chi connectivity index (χ0v) is 17.6. The van der Waals surface area contributed by atoms with Crippen molar-refractivity contribution in [3.63, 3.8) is 0 Å². The smallest absolute Gasteiger partial charge is 0.339 e. The number of rotatable bonds is 8. The van der Waals surface area contributed by atoms with Crippen molar-refractivity contribution in [3.8, 4) is 11.5 Å². The summed E-state index contributed by atoms with van der Waals surface area (Å²) >= 11 is 0. The van der Waals surface area contributed by atoms with E-state index in [1.807, 2.05) is 13.0 Å². The van der Waals surface area contributed by atoms with Gasteiger partial charge in [-0.2, -0.15) is 0 Å². The zero-order valence-electron chi connectivity index (χ0n) is 17.6. The van der Waals surface area contributed by atoms with Gasteiger partial charge >= 0.3 is 5.63 Å². The van der Waals surface area contributed by atoms with Crippen molar-refractivity contribution in [2.45, 2.75) is 19.8 Å². The van der Waals surface area contributed by atoms with E-state index in [1.54, 1.807) is 43.5 Å². The van der Waals surface area contributed by atoms with Gasteiger partial charge in [0.2, 0.25) is 5.91 Å². The Morgan fingerprint density at radius 2 is 1.87 bits per heavy atom. The maximum Gasteiger partial charge on any atom is 0.339 e. The summed E-state index contributed by atoms with van der Waals surface area (Å²) in [7, 11) is 3.07. The topological polar surface area (TPSA) is 107 Å². The Kier molecular flexibility index (Phi) is 6.92. The number of ether oxygens (including phenoxy) is 2. The van der Waals surface area contributed by atoms with Crippen molar-refractivity contribution in [2.24, 2.45) is 0 Å². The average Bonchev–Trinajstić information content (AvgIpc) is 2.77. The number of anilines is 1. The van der Waals surface area contributed by atoms with Crippen LogP contribution in [0.25, 0.3) is 11.0 Å². The number of amides is 2. The van der Waals surface area contributed by atoms with E-state index in [0.29, 0.717) is 28.3 Å². The van der Waals surface area contributed by atoms with Crippen LogP contribution >= 0.6 is 0 Å². The summed E-state index contributed by atoms with van der Waals surface area (Å²) in [4.78, 5) is 36.1. The maximum absolute atomic E-state index is 12.4. The van der Waals surface area contributed by atoms with Crippen molar-refractivity contribution in [3.05, 3.63) is 64.0 Å². The number of nitrogens with one attached hydrogen (secondary N) is 2. The molecule has 0 saturated heterocycles. The van der Waals surface area contributed by atoms with Gasteiger partial charge in [0.05, 0.1) is 7.11 Å². The number of hydrogen-bond donors (Lipinski definition) is 2. The first-order chi connectivity index (χ1) is 14.9. The number of fused-ring (bicyclic) bond motifs is 1. The van der Waals surface area contributed by atoms with Crippen LogP contribution in [0, 0.1) is 6.92 Å². The van der Waals surface area contributed by atoms with Gasteiger partial charge in [0.25, 0.3) is 5.91 Å². The molecule has 0 aliphatic carbocycles. The molecule has 3 rings (SSSR count). The van der Waals surface area contributed by atoms with Gasteiger partial charge in [-0.25, -0.2) is 4.79 Å². The number of aryl methyl sites for hydroxylation is 1. The first kappa shape index (κ1) is 21.9. The monoisotopic (exact) mass is 424 g/mol. The van der Waals surface area contributed by atoms with E-state index in [9.17, 15) is 14.4 Å². The number of hydrogen-bond acceptors (Lipinski definition) is 6. The van der Waals surface area contributed by atoms with E-state index >= 15 is 0 Å². The second kappa shape index (κ2) is 9.80. The molecular weight excluding hydrogens is 400 g/mol. The number of methoxy groups -OCH3 is 1. The molecule has 0 atom stereocenters. The Bertz CT molecular complexity index is 1170. The molecule has 0 aliphatic rings. The quantitative estimate of drug-likeness (QED) is 0.539. The molecule has 0 fully saturated rings. The van der Waals surface area contributed by atoms with Crippen LogP contribution in [0.1, 0.15) is 17.5 Å². The van der Waals surface area contributed by atoms with E-state index in [1.165, 1.54) is 7.05 Å². The highest BCUT2D eigenvalue weighted by molar-refractivity contribution is 5.91. The zero-order chi connectivity index (χ0) is 22.4. The minimum absolute atomic E-state index is 0.108. The van der Waals surface area contributed by atoms with E-state index in [4.69, 9.17) is 13.9 Å². The lowest BCUT2D eigenvalue weighted by Crippen LogP contribution is -2.24. The molecule has 0 spiro atoms. The lowest BCUT2D eigenvalue weighted by molar-refractivity contribution is -0.122. The van der Waals surface area contributed by atoms with Crippen LogP contribution in [0.3, 0.4) is 0 Å². The van der Waals surface area contributed by atoms with Gasteiger partial charge in [0, 0.05) is 42.2 Å². The summed E-state index contributed by atoms with van der Waals surface area (Å²) in [6.45, 7) is 1.73. The van der Waals surface area contributed by atoms with Gasteiger partial charge in [-0.15, -0.1) is 0 Å². The lowest BCUT2D eigenvalue weighted by Gasteiger charge is -2.10. The fourth-order valence-electron chi connectivity index (χ4n) is 3.14. The Labute approximate surface area is 179 Å². The Hall–Kier alpha value is -3.81. The Morgan fingerprint density at radius 1 is 1.06 bits per heavy atom. The van der Waals surface area contributed by atoms with Gasteiger partial charge in [0.15, 0.2) is 6.61 Å². The van der Waals surface area contributed by atoms with Crippen LogP contribution in [0.5, 0.6) is 11.5 Å². The molecule has 1 aromatic heterocycles. The summed E-state index contributed by atoms with van der Waals surface area (Å²) in [5.41, 5.74) is 1.77. The van der Waals surface area contributed by atoms with Crippen LogP contribution in [0.4, 0.5) is 5.69 Å². The molecule has 162 valence electrons. The van der Waals surface area contributed by atoms with Crippen LogP contribution in [0.2, 0.25) is 0 Å². The molecule has 2 amide bonds. The number of benzene rings is 2. The largest absolute Gasteiger partial charge is 0.497 e. The summed E-state index contributed by atoms with van der Waals surface area (Å²) < 4.78 is 16.0. The van der Waals surface area contributed by atoms with Gasteiger partial charge in [-0.05, 0) is 43.2 Å². The minimum Gasteiger partial charge on any atom is -0.497 e. The second-order valence-electron chi connectivity index (χ2n) is 6.89. The highest BCUT2D eigenvalue weighted by atomic mass is 16.5. The van der Waals surface area contributed by atoms with Gasteiger partial charge < -0.3 is 24.5 Å². The normalized spacial score (nSPS) is 10.5. The first-order valence-corrected chi connectivity index (χ1v) is 9.75. The Morgan fingerprint density at radius 3 is 2.61 bits per heavy atom. The van der Waals surface area contributed by atoms with Gasteiger partial charge in [0.1, 0.15) is 17.1 Å². The van der Waals surface area contributed by atoms with Gasteiger partial charge in [-0.1, -0.05) is 6.07 Å². The van der Waals surface area contributed by atoms with Crippen molar-refractivity contribution >= 4 is 28.5 Å². The minimum atomic E-state index is -0.462. The number of carbonyl (C=O) groups excluding carboxylic acids is 2. The summed E-state index contributed by atoms with van der Waals surface area (Å²) in [6.07, 6.45) is 0.353. The standard InChI is InChI=1S/C23H24N2O6/c1-14-18-8-7-16(29-3)12-20(18)31-23(28)19(14)9-10-21(26)25-15-5-4-6-17(11-15)30-13-22(27)24-2/h4-8,11-12H,9-10,13H2,1-3H3,(H,24,27)(H,25,26). The predicted octanol–water partition coefficient (Wildman–Crippen LogP) is 2.81. The molecule has 8 nitrogen and oxygen atoms in total. The van der Waals surface area contributed by atoms with Crippen LogP contribution in [-0.2, 0) is 16.0 Å². The van der Waals surface area contributed by atoms with Crippen molar-refractivity contribution in [1.82, 2.24) is 5.32 Å². The number of carbonyl (C=O) groups is 2. The fourth-order valence-corrected chi connectivity index (χ4v) is 3.14. The molecule has 0 bridgehead atoms. The number of likely N-dealkylation sites (N-methyl/N-ethyl adjacent to an activating group) is 1. The molecule has 31 heavy (non-hydrogen) atoms. The van der Waals surface area contributed by atoms with E-state index in [2.05, 4.69) is 10.6 Å². The average molecular weight is 424 g/mol. The summed E-state index contributed by atoms with van der Waals surface area (Å²) in [5.74, 6) is 0.557. The predicted molar refractivity (Wildman–Crippen MR) is 117 cm³/mol. The van der Waals surface area contributed by atoms with Crippen molar-refractivity contribution in [2.75, 3.05) is 26.1 Å². The van der Waals surface area contributed by atoms with Crippen molar-refractivity contribution < 1.29 is 23.5 Å². The van der Waals surface area contributed by atoms with Gasteiger partial charge in [-0.3, -0.25) is 9.59 Å². The highest BCUT2D eigenvalue weighted by Crippen LogP contribution is 2.24. The molecule has 0 radical (unpaired) electrons. The third-order valence-electron chi connectivity index (χ3n) is 4.86. The van der Waals surface area contributed by atoms with Crippen molar-refractivity contribution in [1.29, 1.82) is 0 Å². The van der Waals surface area contributed by atoms with Crippen LogP contribution in [-0.4, -0.2) is 32.6 Å². The van der Waals surface area contributed by atoms with E-state index in [0.717, 1.165) is 10.9 Å². The second-order valence-corrected chi connectivity index (χ2v) is 6.89. The molecule has 0 unspecified atom stereocenters. The maximum atomic E-state index is 12.4. The van der Waals surface area contributed by atoms with Crippen LogP contribution in [0.15, 0.2) is 51.7 Å². The summed E-state index contributed by atoms with van der Waals surface area (Å²) in [6, 6.07) is 12.0. The molecule has 0 saturated carbocycles. The SMILES string of the molecule is CNC(=O)COc1cccc(NC(=O)CCc2c(C)c3ccc(OC)cc3oc2=O)c1. The van der Waals surface area contributed by atoms with E-state index in [-0.39, 0.29) is 31.3 Å². The highest BCUT2D eigenvalue weighted by Gasteiger charge is 2.14. The molecular formula is C23H24N2O6. The third kappa shape index (κ3) is 5.42. The van der Waals surface area contributed by atoms with E-state index < -0.39 is 5.63 Å². The molecule has 8 heteroatoms. The molecule has 2 N–H and O–H groups in total. The molecule has 3 aromatic rings. The summed E-state index contributed by atoms with van der Waals surface area (Å²) in [5, 5.41) is 6.05. The molecule has 1 heterocycles. The molecule has 2 aromatic carbocycles. The third-order valence-corrected chi connectivity index (χ3v) is 4.86. The first-order valence-electron chi connectivity index (χ1n) is 9.75. The molecule has 0 aliphatic heterocycles.